The smallest absolute Gasteiger partial charge is 0.326 e. The van der Waals surface area contributed by atoms with E-state index >= 15 is 0 Å². The highest BCUT2D eigenvalue weighted by molar-refractivity contribution is 6.15. The van der Waals surface area contributed by atoms with Crippen LogP contribution in [0.1, 0.15) is 12.5 Å². The monoisotopic (exact) mass is 323 g/mol. The van der Waals surface area contributed by atoms with E-state index < -0.39 is 24.0 Å². The number of benzene rings is 1. The van der Waals surface area contributed by atoms with E-state index in [4.69, 9.17) is 11.8 Å². The Morgan fingerprint density at radius 1 is 1.36 bits per heavy atom. The number of nitrogens with one attached hydrogen (secondary N) is 2. The second kappa shape index (κ2) is 6.81. The van der Waals surface area contributed by atoms with Crippen LogP contribution in [0.5, 0.6) is 0 Å². The third-order valence-electron chi connectivity index (χ3n) is 3.58. The fourth-order valence-electron chi connectivity index (χ4n) is 2.35. The molecule has 2 rings (SSSR count). The minimum Gasteiger partial charge on any atom is -0.480 e. The van der Waals surface area contributed by atoms with Crippen molar-refractivity contribution in [1.29, 1.82) is 0 Å². The molecule has 2 aromatic rings. The molecule has 2 atom stereocenters. The topological polar surface area (TPSA) is 83.4 Å². The van der Waals surface area contributed by atoms with E-state index in [2.05, 4.69) is 10.2 Å². The maximum absolute atomic E-state index is 11.8. The van der Waals surface area contributed by atoms with Crippen LogP contribution in [-0.2, 0) is 23.1 Å². The van der Waals surface area contributed by atoms with Crippen molar-refractivity contribution in [1.82, 2.24) is 14.7 Å². The minimum absolute atomic E-state index is 0.206. The number of carboxylic acids is 1. The highest BCUT2D eigenvalue weighted by Gasteiger charge is 2.24. The van der Waals surface area contributed by atoms with Gasteiger partial charge >= 0.3 is 5.97 Å². The summed E-state index contributed by atoms with van der Waals surface area (Å²) in [6.45, 7) is 1.55. The van der Waals surface area contributed by atoms with Crippen LogP contribution in [0.4, 0.5) is 0 Å². The number of carbonyl (C=O) groups is 2. The number of carbonyl (C=O) groups excluding carboxylic acids is 1. The van der Waals surface area contributed by atoms with Gasteiger partial charge in [0.25, 0.3) is 0 Å². The van der Waals surface area contributed by atoms with E-state index in [1.807, 2.05) is 42.1 Å². The zero-order valence-electron chi connectivity index (χ0n) is 12.3. The fraction of sp³-hybridized carbons (Fsp3) is 0.333. The lowest BCUT2D eigenvalue weighted by molar-refractivity contribution is -0.141. The summed E-state index contributed by atoms with van der Waals surface area (Å²) < 4.78 is 1.94. The first-order valence-electron chi connectivity index (χ1n) is 6.86. The molecule has 118 valence electrons. The number of hydrogen-bond donors (Lipinski definition) is 3. The Labute approximate surface area is 133 Å². The van der Waals surface area contributed by atoms with Gasteiger partial charge in [-0.2, -0.15) is 0 Å². The van der Waals surface area contributed by atoms with Gasteiger partial charge < -0.3 is 15.0 Å². The van der Waals surface area contributed by atoms with E-state index in [9.17, 15) is 14.7 Å². The number of rotatable bonds is 6. The number of amides is 1. The molecule has 1 amide bonds. The first kappa shape index (κ1) is 16.3. The summed E-state index contributed by atoms with van der Waals surface area (Å²) >= 11 is 5.39. The summed E-state index contributed by atoms with van der Waals surface area (Å²) in [5.74, 6) is -1.54. The summed E-state index contributed by atoms with van der Waals surface area (Å²) in [7, 11) is 1.90. The van der Waals surface area contributed by atoms with Crippen molar-refractivity contribution in [3.63, 3.8) is 0 Å². The molecule has 1 aromatic carbocycles. The van der Waals surface area contributed by atoms with Crippen molar-refractivity contribution >= 4 is 34.6 Å². The Morgan fingerprint density at radius 3 is 2.68 bits per heavy atom. The van der Waals surface area contributed by atoms with Crippen LogP contribution in [0, 0.1) is 0 Å². The maximum atomic E-state index is 11.8. The molecule has 0 aliphatic heterocycles. The van der Waals surface area contributed by atoms with Gasteiger partial charge in [-0.25, -0.2) is 9.63 Å². The molecule has 6 nitrogen and oxygen atoms in total. The zero-order chi connectivity index (χ0) is 16.3. The third-order valence-corrected chi connectivity index (χ3v) is 3.90. The lowest BCUT2D eigenvalue weighted by atomic mass is 10.0. The highest BCUT2D eigenvalue weighted by Crippen LogP contribution is 2.21. The predicted molar refractivity (Wildman–Crippen MR) is 84.6 cm³/mol. The molecule has 0 aliphatic carbocycles. The van der Waals surface area contributed by atoms with Crippen molar-refractivity contribution in [2.24, 2.45) is 7.05 Å². The molecule has 0 radical (unpaired) electrons. The van der Waals surface area contributed by atoms with Gasteiger partial charge in [0.05, 0.1) is 6.04 Å². The lowest BCUT2D eigenvalue weighted by Gasteiger charge is -2.16. The van der Waals surface area contributed by atoms with Gasteiger partial charge in [0.15, 0.2) is 0 Å². The molecule has 7 heteroatoms. The Bertz CT molecular complexity index is 698. The zero-order valence-corrected chi connectivity index (χ0v) is 13.1. The molecular formula is C15H18ClN3O3. The molecule has 1 aromatic heterocycles. The third kappa shape index (κ3) is 3.40. The van der Waals surface area contributed by atoms with Gasteiger partial charge in [0.2, 0.25) is 5.91 Å². The van der Waals surface area contributed by atoms with E-state index in [1.54, 1.807) is 6.92 Å². The number of hydrogen-bond acceptors (Lipinski definition) is 3. The van der Waals surface area contributed by atoms with Crippen LogP contribution >= 0.6 is 11.8 Å². The van der Waals surface area contributed by atoms with Crippen molar-refractivity contribution in [2.75, 3.05) is 0 Å². The van der Waals surface area contributed by atoms with Gasteiger partial charge in [0, 0.05) is 30.6 Å². The van der Waals surface area contributed by atoms with Crippen molar-refractivity contribution in [3.05, 3.63) is 36.0 Å². The van der Waals surface area contributed by atoms with Crippen LogP contribution in [-0.4, -0.2) is 33.6 Å². The summed E-state index contributed by atoms with van der Waals surface area (Å²) in [5.41, 5.74) is 1.89. The number of aryl methyl sites for hydroxylation is 1. The van der Waals surface area contributed by atoms with Gasteiger partial charge in [-0.05, 0) is 30.3 Å². The normalized spacial score (nSPS) is 13.8. The second-order valence-electron chi connectivity index (χ2n) is 5.22. The van der Waals surface area contributed by atoms with E-state index in [-0.39, 0.29) is 6.42 Å². The molecule has 3 N–H and O–H groups in total. The van der Waals surface area contributed by atoms with E-state index in [1.165, 1.54) is 0 Å². The fourth-order valence-corrected chi connectivity index (χ4v) is 2.45. The summed E-state index contributed by atoms with van der Waals surface area (Å²) in [5, 5.41) is 12.8. The maximum Gasteiger partial charge on any atom is 0.326 e. The van der Waals surface area contributed by atoms with Gasteiger partial charge in [-0.1, -0.05) is 18.2 Å². The van der Waals surface area contributed by atoms with Crippen molar-refractivity contribution in [2.45, 2.75) is 25.4 Å². The molecule has 0 fully saturated rings. The van der Waals surface area contributed by atoms with Gasteiger partial charge in [-0.3, -0.25) is 4.79 Å². The number of nitrogens with zero attached hydrogens (tertiary/aromatic N) is 1. The number of carboxylic acid groups (broad SMARTS) is 1. The molecule has 22 heavy (non-hydrogen) atoms. The standard InChI is InChI=1S/C15H18ClN3O3/c1-9(18-16)14(20)17-12(15(21)22)7-10-8-19(2)13-6-4-3-5-11(10)13/h3-6,8-9,12,18H,7H2,1-2H3,(H,17,20)(H,21,22)/t9-,12+/m0/s1. The SMILES string of the molecule is C[C@H](NCl)C(=O)N[C@H](Cc1cn(C)c2ccccc12)C(=O)O. The summed E-state index contributed by atoms with van der Waals surface area (Å²) in [6, 6.07) is 6.05. The first-order valence-corrected chi connectivity index (χ1v) is 7.24. The van der Waals surface area contributed by atoms with Crippen molar-refractivity contribution < 1.29 is 14.7 Å². The number of aromatic nitrogens is 1. The Morgan fingerprint density at radius 2 is 2.05 bits per heavy atom. The Balaban J connectivity index is 2.24. The minimum atomic E-state index is -1.08. The quantitative estimate of drug-likeness (QED) is 0.702. The van der Waals surface area contributed by atoms with Crippen LogP contribution in [0.15, 0.2) is 30.5 Å². The number of para-hydroxylation sites is 1. The molecule has 0 unspecified atom stereocenters. The van der Waals surface area contributed by atoms with Gasteiger partial charge in [-0.15, -0.1) is 0 Å². The van der Waals surface area contributed by atoms with E-state index in [0.717, 1.165) is 16.5 Å². The summed E-state index contributed by atoms with van der Waals surface area (Å²) in [6.07, 6.45) is 2.09. The Kier molecular flexibility index (Phi) is 5.05. The molecule has 0 saturated carbocycles. The van der Waals surface area contributed by atoms with Gasteiger partial charge in [0.1, 0.15) is 6.04 Å². The number of halogens is 1. The van der Waals surface area contributed by atoms with Crippen LogP contribution in [0.2, 0.25) is 0 Å². The van der Waals surface area contributed by atoms with Crippen molar-refractivity contribution in [3.8, 4) is 0 Å². The van der Waals surface area contributed by atoms with Crippen LogP contribution in [0.25, 0.3) is 10.9 Å². The average molecular weight is 324 g/mol. The molecule has 1 heterocycles. The molecule has 0 aliphatic rings. The van der Waals surface area contributed by atoms with Crippen LogP contribution < -0.4 is 10.2 Å². The Hall–Kier alpha value is -2.05. The average Bonchev–Trinajstić information content (AvgIpc) is 2.82. The highest BCUT2D eigenvalue weighted by atomic mass is 35.5. The molecular weight excluding hydrogens is 306 g/mol. The van der Waals surface area contributed by atoms with Crippen LogP contribution in [0.3, 0.4) is 0 Å². The largest absolute Gasteiger partial charge is 0.480 e. The molecule has 0 bridgehead atoms. The van der Waals surface area contributed by atoms with E-state index in [0.29, 0.717) is 0 Å². The number of fused-ring (bicyclic) bond motifs is 1. The number of aliphatic carboxylic acids is 1. The molecule has 0 saturated heterocycles. The predicted octanol–water partition coefficient (Wildman–Crippen LogP) is 1.42. The first-order chi connectivity index (χ1) is 10.4. The lowest BCUT2D eigenvalue weighted by Crippen LogP contribution is -2.48. The second-order valence-corrected chi connectivity index (χ2v) is 5.43. The summed E-state index contributed by atoms with van der Waals surface area (Å²) in [4.78, 5) is 25.5. The molecule has 0 spiro atoms.